The standard InChI is InChI=1S/C20H22N6/c1-16-7-5-6-10-18(16)22-20-23-19(15-21-24-20)26-13-11-25(12-14-26)17-8-3-2-4-9-17/h2-10,15H,11-14H2,1H3,(H,22,23,24). The third kappa shape index (κ3) is 3.59. The van der Waals surface area contributed by atoms with Crippen molar-refractivity contribution in [3.63, 3.8) is 0 Å². The largest absolute Gasteiger partial charge is 0.368 e. The van der Waals surface area contributed by atoms with Crippen LogP contribution in [0.3, 0.4) is 0 Å². The van der Waals surface area contributed by atoms with Crippen molar-refractivity contribution >= 4 is 23.1 Å². The van der Waals surface area contributed by atoms with Crippen molar-refractivity contribution < 1.29 is 0 Å². The summed E-state index contributed by atoms with van der Waals surface area (Å²) in [5, 5.41) is 11.5. The Morgan fingerprint density at radius 3 is 2.31 bits per heavy atom. The molecule has 6 nitrogen and oxygen atoms in total. The van der Waals surface area contributed by atoms with Gasteiger partial charge >= 0.3 is 0 Å². The van der Waals surface area contributed by atoms with E-state index in [-0.39, 0.29) is 0 Å². The van der Waals surface area contributed by atoms with Crippen LogP contribution in [-0.2, 0) is 0 Å². The highest BCUT2D eigenvalue weighted by atomic mass is 15.3. The number of aryl methyl sites for hydroxylation is 1. The minimum atomic E-state index is 0.530. The molecule has 4 rings (SSSR count). The number of nitrogens with zero attached hydrogens (tertiary/aromatic N) is 5. The molecule has 3 aromatic rings. The van der Waals surface area contributed by atoms with Gasteiger partial charge in [0.15, 0.2) is 5.82 Å². The minimum Gasteiger partial charge on any atom is -0.368 e. The number of benzene rings is 2. The molecular formula is C20H22N6. The summed E-state index contributed by atoms with van der Waals surface area (Å²) in [7, 11) is 0. The maximum Gasteiger partial charge on any atom is 0.249 e. The summed E-state index contributed by atoms with van der Waals surface area (Å²) in [6.07, 6.45) is 1.74. The van der Waals surface area contributed by atoms with Crippen LogP contribution in [0.5, 0.6) is 0 Å². The molecule has 1 saturated heterocycles. The summed E-state index contributed by atoms with van der Waals surface area (Å²) < 4.78 is 0. The first-order valence-corrected chi connectivity index (χ1v) is 8.87. The van der Waals surface area contributed by atoms with Crippen molar-refractivity contribution in [2.45, 2.75) is 6.92 Å². The van der Waals surface area contributed by atoms with E-state index in [1.807, 2.05) is 18.2 Å². The molecule has 26 heavy (non-hydrogen) atoms. The van der Waals surface area contributed by atoms with E-state index in [9.17, 15) is 0 Å². The average Bonchev–Trinajstić information content (AvgIpc) is 2.71. The van der Waals surface area contributed by atoms with E-state index in [0.29, 0.717) is 5.95 Å². The Bertz CT molecular complexity index is 859. The molecule has 1 fully saturated rings. The third-order valence-corrected chi connectivity index (χ3v) is 4.66. The lowest BCUT2D eigenvalue weighted by molar-refractivity contribution is 0.645. The summed E-state index contributed by atoms with van der Waals surface area (Å²) in [5.74, 6) is 1.39. The van der Waals surface area contributed by atoms with Crippen LogP contribution in [-0.4, -0.2) is 41.4 Å². The van der Waals surface area contributed by atoms with Gasteiger partial charge in [-0.1, -0.05) is 36.4 Å². The molecule has 0 spiro atoms. The van der Waals surface area contributed by atoms with Crippen LogP contribution in [0.4, 0.5) is 23.1 Å². The van der Waals surface area contributed by atoms with Crippen molar-refractivity contribution in [3.8, 4) is 0 Å². The van der Waals surface area contributed by atoms with Gasteiger partial charge in [-0.2, -0.15) is 10.1 Å². The smallest absolute Gasteiger partial charge is 0.249 e. The predicted molar refractivity (Wildman–Crippen MR) is 105 cm³/mol. The quantitative estimate of drug-likeness (QED) is 0.783. The predicted octanol–water partition coefficient (Wildman–Crippen LogP) is 3.25. The molecule has 1 aliphatic heterocycles. The zero-order chi connectivity index (χ0) is 17.8. The lowest BCUT2D eigenvalue weighted by atomic mass is 10.2. The Kier molecular flexibility index (Phi) is 4.64. The number of aromatic nitrogens is 3. The van der Waals surface area contributed by atoms with Gasteiger partial charge in [0.2, 0.25) is 5.95 Å². The fourth-order valence-corrected chi connectivity index (χ4v) is 3.17. The number of nitrogens with one attached hydrogen (secondary N) is 1. The van der Waals surface area contributed by atoms with Gasteiger partial charge in [0.05, 0.1) is 6.20 Å². The summed E-state index contributed by atoms with van der Waals surface area (Å²) in [4.78, 5) is 9.31. The topological polar surface area (TPSA) is 57.2 Å². The molecule has 1 N–H and O–H groups in total. The molecule has 0 saturated carbocycles. The second-order valence-corrected chi connectivity index (χ2v) is 6.39. The molecule has 0 aliphatic carbocycles. The SMILES string of the molecule is Cc1ccccc1Nc1nncc(N2CCN(c3ccccc3)CC2)n1. The van der Waals surface area contributed by atoms with Crippen molar-refractivity contribution in [1.29, 1.82) is 0 Å². The zero-order valence-electron chi connectivity index (χ0n) is 14.8. The highest BCUT2D eigenvalue weighted by Crippen LogP contribution is 2.21. The van der Waals surface area contributed by atoms with Gasteiger partial charge in [0, 0.05) is 37.6 Å². The van der Waals surface area contributed by atoms with E-state index in [4.69, 9.17) is 0 Å². The van der Waals surface area contributed by atoms with Crippen molar-refractivity contribution in [3.05, 3.63) is 66.4 Å². The van der Waals surface area contributed by atoms with E-state index in [2.05, 4.69) is 73.6 Å². The van der Waals surface area contributed by atoms with Gasteiger partial charge < -0.3 is 15.1 Å². The molecule has 132 valence electrons. The lowest BCUT2D eigenvalue weighted by Gasteiger charge is -2.36. The summed E-state index contributed by atoms with van der Waals surface area (Å²) in [6.45, 7) is 5.82. The summed E-state index contributed by atoms with van der Waals surface area (Å²) in [5.41, 5.74) is 3.42. The molecule has 0 unspecified atom stereocenters. The second kappa shape index (κ2) is 7.39. The van der Waals surface area contributed by atoms with Crippen molar-refractivity contribution in [2.24, 2.45) is 0 Å². The van der Waals surface area contributed by atoms with Crippen LogP contribution in [0, 0.1) is 6.92 Å². The molecule has 0 radical (unpaired) electrons. The average molecular weight is 346 g/mol. The Balaban J connectivity index is 1.44. The monoisotopic (exact) mass is 346 g/mol. The number of anilines is 4. The third-order valence-electron chi connectivity index (χ3n) is 4.66. The molecule has 6 heteroatoms. The number of rotatable bonds is 4. The molecule has 0 amide bonds. The van der Waals surface area contributed by atoms with Gasteiger partial charge in [-0.15, -0.1) is 5.10 Å². The number of para-hydroxylation sites is 2. The summed E-state index contributed by atoms with van der Waals surface area (Å²) >= 11 is 0. The molecule has 2 aromatic carbocycles. The highest BCUT2D eigenvalue weighted by molar-refractivity contribution is 5.58. The number of piperazine rings is 1. The van der Waals surface area contributed by atoms with Crippen LogP contribution in [0.25, 0.3) is 0 Å². The molecule has 0 bridgehead atoms. The lowest BCUT2D eigenvalue weighted by Crippen LogP contribution is -2.46. The first-order chi connectivity index (χ1) is 12.8. The maximum absolute atomic E-state index is 4.65. The fraction of sp³-hybridized carbons (Fsp3) is 0.250. The Hall–Kier alpha value is -3.15. The number of hydrogen-bond acceptors (Lipinski definition) is 6. The second-order valence-electron chi connectivity index (χ2n) is 6.39. The van der Waals surface area contributed by atoms with Crippen molar-refractivity contribution in [1.82, 2.24) is 15.2 Å². The molecule has 1 aliphatic rings. The Morgan fingerprint density at radius 2 is 1.54 bits per heavy atom. The van der Waals surface area contributed by atoms with Gasteiger partial charge in [-0.05, 0) is 30.7 Å². The Morgan fingerprint density at radius 1 is 0.846 bits per heavy atom. The first kappa shape index (κ1) is 16.3. The number of hydrogen-bond donors (Lipinski definition) is 1. The van der Waals surface area contributed by atoms with E-state index >= 15 is 0 Å². The van der Waals surface area contributed by atoms with Crippen LogP contribution in [0.1, 0.15) is 5.56 Å². The normalized spacial score (nSPS) is 14.3. The van der Waals surface area contributed by atoms with Crippen molar-refractivity contribution in [2.75, 3.05) is 41.3 Å². The van der Waals surface area contributed by atoms with Gasteiger partial charge in [-0.3, -0.25) is 0 Å². The van der Waals surface area contributed by atoms with Gasteiger partial charge in [-0.25, -0.2) is 0 Å². The first-order valence-electron chi connectivity index (χ1n) is 8.87. The van der Waals surface area contributed by atoms with Gasteiger partial charge in [0.1, 0.15) is 0 Å². The molecule has 1 aromatic heterocycles. The van der Waals surface area contributed by atoms with E-state index in [1.54, 1.807) is 6.20 Å². The van der Waals surface area contributed by atoms with Crippen LogP contribution in [0.15, 0.2) is 60.8 Å². The van der Waals surface area contributed by atoms with E-state index in [1.165, 1.54) is 5.69 Å². The molecule has 2 heterocycles. The van der Waals surface area contributed by atoms with Crippen LogP contribution in [0.2, 0.25) is 0 Å². The highest BCUT2D eigenvalue weighted by Gasteiger charge is 2.19. The zero-order valence-corrected chi connectivity index (χ0v) is 14.8. The maximum atomic E-state index is 4.65. The minimum absolute atomic E-state index is 0.530. The molecule has 0 atom stereocenters. The van der Waals surface area contributed by atoms with Gasteiger partial charge in [0.25, 0.3) is 0 Å². The van der Waals surface area contributed by atoms with Crippen LogP contribution >= 0.6 is 0 Å². The summed E-state index contributed by atoms with van der Waals surface area (Å²) in [6, 6.07) is 18.6. The van der Waals surface area contributed by atoms with E-state index in [0.717, 1.165) is 43.2 Å². The Labute approximate surface area is 153 Å². The van der Waals surface area contributed by atoms with Crippen LogP contribution < -0.4 is 15.1 Å². The molecular weight excluding hydrogens is 324 g/mol. The fourth-order valence-electron chi connectivity index (χ4n) is 3.17. The van der Waals surface area contributed by atoms with E-state index < -0.39 is 0 Å².